The number of nitrogens with zero attached hydrogens (tertiary/aromatic N) is 1. The Bertz CT molecular complexity index is 1290. The fourth-order valence-electron chi connectivity index (χ4n) is 3.03. The first-order valence-corrected chi connectivity index (χ1v) is 11.4. The van der Waals surface area contributed by atoms with E-state index >= 15 is 0 Å². The van der Waals surface area contributed by atoms with Gasteiger partial charge in [-0.15, -0.1) is 11.3 Å². The second-order valence-electron chi connectivity index (χ2n) is 6.82. The third-order valence-corrected chi connectivity index (χ3v) is 6.54. The van der Waals surface area contributed by atoms with Crippen LogP contribution in [0.15, 0.2) is 70.4 Å². The molecule has 0 radical (unpaired) electrons. The van der Waals surface area contributed by atoms with Crippen LogP contribution >= 0.6 is 23.1 Å². The molecule has 0 spiro atoms. The van der Waals surface area contributed by atoms with E-state index in [1.807, 2.05) is 42.5 Å². The maximum atomic E-state index is 13.3. The minimum Gasteiger partial charge on any atom is -0.326 e. The molecule has 32 heavy (non-hydrogen) atoms. The van der Waals surface area contributed by atoms with Crippen LogP contribution in [0.25, 0.3) is 10.8 Å². The zero-order chi connectivity index (χ0) is 22.5. The summed E-state index contributed by atoms with van der Waals surface area (Å²) in [7, 11) is 0. The number of rotatable bonds is 7. The van der Waals surface area contributed by atoms with Gasteiger partial charge in [-0.25, -0.2) is 13.8 Å². The van der Waals surface area contributed by atoms with E-state index in [0.29, 0.717) is 10.0 Å². The zero-order valence-corrected chi connectivity index (χ0v) is 18.2. The number of aromatic nitrogens is 1. The van der Waals surface area contributed by atoms with Gasteiger partial charge in [-0.2, -0.15) is 0 Å². The van der Waals surface area contributed by atoms with Crippen molar-refractivity contribution in [1.29, 1.82) is 0 Å². The van der Waals surface area contributed by atoms with Crippen LogP contribution in [0.2, 0.25) is 0 Å². The van der Waals surface area contributed by atoms with Gasteiger partial charge in [-0.05, 0) is 23.6 Å². The molecule has 0 aliphatic carbocycles. The molecule has 3 aromatic carbocycles. The number of carbonyl (C=O) groups is 2. The van der Waals surface area contributed by atoms with E-state index in [2.05, 4.69) is 15.6 Å². The topological polar surface area (TPSA) is 71.1 Å². The molecular weight excluding hydrogens is 452 g/mol. The van der Waals surface area contributed by atoms with Gasteiger partial charge in [0.25, 0.3) is 0 Å². The van der Waals surface area contributed by atoms with Crippen LogP contribution in [0.3, 0.4) is 0 Å². The minimum atomic E-state index is -1.03. The van der Waals surface area contributed by atoms with Crippen LogP contribution in [-0.4, -0.2) is 22.6 Å². The molecule has 0 unspecified atom stereocenters. The first-order valence-electron chi connectivity index (χ1n) is 9.57. The molecule has 1 aromatic heterocycles. The third-order valence-electron chi connectivity index (χ3n) is 4.47. The first-order chi connectivity index (χ1) is 15.5. The van der Waals surface area contributed by atoms with Crippen LogP contribution in [-0.2, 0) is 16.0 Å². The van der Waals surface area contributed by atoms with Crippen molar-refractivity contribution in [3.05, 3.63) is 83.4 Å². The average molecular weight is 470 g/mol. The van der Waals surface area contributed by atoms with Crippen molar-refractivity contribution in [2.24, 2.45) is 0 Å². The fourth-order valence-corrected chi connectivity index (χ4v) is 4.67. The van der Waals surface area contributed by atoms with Gasteiger partial charge in [-0.1, -0.05) is 48.2 Å². The van der Waals surface area contributed by atoms with Gasteiger partial charge in [0.15, 0.2) is 16.0 Å². The van der Waals surface area contributed by atoms with Crippen molar-refractivity contribution in [3.63, 3.8) is 0 Å². The highest BCUT2D eigenvalue weighted by atomic mass is 32.2. The lowest BCUT2D eigenvalue weighted by molar-refractivity contribution is -0.116. The Balaban J connectivity index is 1.29. The molecule has 0 aliphatic heterocycles. The summed E-state index contributed by atoms with van der Waals surface area (Å²) in [6, 6.07) is 16.7. The van der Waals surface area contributed by atoms with Crippen molar-refractivity contribution in [2.75, 3.05) is 16.4 Å². The van der Waals surface area contributed by atoms with Gasteiger partial charge in [0.05, 0.1) is 17.9 Å². The molecule has 0 atom stereocenters. The van der Waals surface area contributed by atoms with E-state index in [9.17, 15) is 18.4 Å². The predicted octanol–water partition coefficient (Wildman–Crippen LogP) is 5.49. The molecule has 0 saturated carbocycles. The molecule has 5 nitrogen and oxygen atoms in total. The number of nitrogens with one attached hydrogen (secondary N) is 2. The molecule has 0 aliphatic rings. The van der Waals surface area contributed by atoms with Crippen molar-refractivity contribution in [2.45, 2.75) is 10.8 Å². The fraction of sp³-hybridized carbons (Fsp3) is 0.0870. The SMILES string of the molecule is O=C(Cc1csc(SCC(=O)Nc2cccc3ccccc23)n1)Nc1ccc(F)c(F)c1. The summed E-state index contributed by atoms with van der Waals surface area (Å²) in [5, 5.41) is 9.18. The highest BCUT2D eigenvalue weighted by Crippen LogP contribution is 2.26. The van der Waals surface area contributed by atoms with Crippen LogP contribution < -0.4 is 10.6 Å². The Kier molecular flexibility index (Phi) is 6.77. The highest BCUT2D eigenvalue weighted by Gasteiger charge is 2.12. The minimum absolute atomic E-state index is 0.0156. The van der Waals surface area contributed by atoms with E-state index in [1.165, 1.54) is 29.2 Å². The maximum absolute atomic E-state index is 13.3. The number of anilines is 2. The molecule has 162 valence electrons. The Morgan fingerprint density at radius 2 is 1.75 bits per heavy atom. The van der Waals surface area contributed by atoms with Crippen molar-refractivity contribution in [1.82, 2.24) is 4.98 Å². The normalized spacial score (nSPS) is 10.8. The lowest BCUT2D eigenvalue weighted by Crippen LogP contribution is -2.15. The van der Waals surface area contributed by atoms with Crippen LogP contribution in [0.4, 0.5) is 20.2 Å². The second kappa shape index (κ2) is 9.88. The monoisotopic (exact) mass is 469 g/mol. The Hall–Kier alpha value is -3.30. The molecule has 4 aromatic rings. The number of hydrogen-bond donors (Lipinski definition) is 2. The standard InChI is InChI=1S/C23H17F2N3O2S2/c24-18-9-8-15(10-19(18)25)26-21(29)11-16-12-31-23(27-16)32-13-22(30)28-20-7-3-5-14-4-1-2-6-17(14)20/h1-10,12H,11,13H2,(H,26,29)(H,28,30). The number of thiazole rings is 1. The molecular formula is C23H17F2N3O2S2. The van der Waals surface area contributed by atoms with Crippen LogP contribution in [0, 0.1) is 11.6 Å². The van der Waals surface area contributed by atoms with Gasteiger partial charge in [0.1, 0.15) is 0 Å². The third kappa shape index (κ3) is 5.49. The van der Waals surface area contributed by atoms with Crippen LogP contribution in [0.5, 0.6) is 0 Å². The lowest BCUT2D eigenvalue weighted by atomic mass is 10.1. The molecule has 0 fully saturated rings. The number of amides is 2. The number of fused-ring (bicyclic) bond motifs is 1. The average Bonchev–Trinajstić information content (AvgIpc) is 3.22. The zero-order valence-electron chi connectivity index (χ0n) is 16.6. The molecule has 9 heteroatoms. The van der Waals surface area contributed by atoms with Crippen molar-refractivity contribution in [3.8, 4) is 0 Å². The number of benzene rings is 3. The van der Waals surface area contributed by atoms with Crippen molar-refractivity contribution < 1.29 is 18.4 Å². The van der Waals surface area contributed by atoms with Crippen molar-refractivity contribution >= 4 is 57.1 Å². The number of halogens is 2. The second-order valence-corrected chi connectivity index (χ2v) is 8.90. The number of hydrogen-bond acceptors (Lipinski definition) is 5. The first kappa shape index (κ1) is 21.9. The Labute approximate surface area is 190 Å². The van der Waals surface area contributed by atoms with E-state index in [1.54, 1.807) is 5.38 Å². The molecule has 1 heterocycles. The van der Waals surface area contributed by atoms with Gasteiger partial charge >= 0.3 is 0 Å². The Morgan fingerprint density at radius 1 is 0.938 bits per heavy atom. The lowest BCUT2D eigenvalue weighted by Gasteiger charge is -2.08. The van der Waals surface area contributed by atoms with Crippen LogP contribution in [0.1, 0.15) is 5.69 Å². The summed E-state index contributed by atoms with van der Waals surface area (Å²) in [4.78, 5) is 28.9. The molecule has 2 amide bonds. The maximum Gasteiger partial charge on any atom is 0.234 e. The Morgan fingerprint density at radius 3 is 2.59 bits per heavy atom. The smallest absolute Gasteiger partial charge is 0.234 e. The molecule has 2 N–H and O–H groups in total. The summed E-state index contributed by atoms with van der Waals surface area (Å²) in [5.41, 5.74) is 1.46. The molecule has 0 saturated heterocycles. The summed E-state index contributed by atoms with van der Waals surface area (Å²) >= 11 is 2.62. The van der Waals surface area contributed by atoms with Gasteiger partial charge in [0, 0.05) is 28.2 Å². The predicted molar refractivity (Wildman–Crippen MR) is 124 cm³/mol. The summed E-state index contributed by atoms with van der Waals surface area (Å²) in [6.45, 7) is 0. The summed E-state index contributed by atoms with van der Waals surface area (Å²) < 4.78 is 26.9. The van der Waals surface area contributed by atoms with E-state index in [-0.39, 0.29) is 23.8 Å². The molecule has 0 bridgehead atoms. The van der Waals surface area contributed by atoms with Gasteiger partial charge in [0.2, 0.25) is 11.8 Å². The van der Waals surface area contributed by atoms with E-state index in [4.69, 9.17) is 0 Å². The van der Waals surface area contributed by atoms with Gasteiger partial charge in [-0.3, -0.25) is 9.59 Å². The van der Waals surface area contributed by atoms with Gasteiger partial charge < -0.3 is 10.6 Å². The highest BCUT2D eigenvalue weighted by molar-refractivity contribution is 8.01. The summed E-state index contributed by atoms with van der Waals surface area (Å²) in [6.07, 6.45) is -0.0156. The largest absolute Gasteiger partial charge is 0.326 e. The number of thioether (sulfide) groups is 1. The molecule has 4 rings (SSSR count). The van der Waals surface area contributed by atoms with E-state index in [0.717, 1.165) is 28.6 Å². The summed E-state index contributed by atoms with van der Waals surface area (Å²) in [5.74, 6) is -2.38. The quantitative estimate of drug-likeness (QED) is 0.351. The van der Waals surface area contributed by atoms with E-state index < -0.39 is 17.5 Å². The number of carbonyl (C=O) groups excluding carboxylic acids is 2.